The average molecular weight is 444 g/mol. The summed E-state index contributed by atoms with van der Waals surface area (Å²) in [5, 5.41) is 21.0. The molecule has 1 saturated heterocycles. The fourth-order valence-corrected chi connectivity index (χ4v) is 4.27. The van der Waals surface area contributed by atoms with Gasteiger partial charge in [-0.2, -0.15) is 5.10 Å². The molecule has 0 bridgehead atoms. The van der Waals surface area contributed by atoms with Crippen LogP contribution in [-0.4, -0.2) is 64.4 Å². The lowest BCUT2D eigenvalue weighted by Crippen LogP contribution is -2.52. The van der Waals surface area contributed by atoms with Gasteiger partial charge >= 0.3 is 12.0 Å². The molecule has 2 N–H and O–H groups in total. The number of urea groups is 1. The van der Waals surface area contributed by atoms with Crippen molar-refractivity contribution in [3.63, 3.8) is 0 Å². The number of amides is 2. The molecule has 1 aliphatic heterocycles. The first-order chi connectivity index (χ1) is 14.8. The summed E-state index contributed by atoms with van der Waals surface area (Å²) in [6.07, 6.45) is 3.93. The maximum Gasteiger partial charge on any atom is 0.337 e. The van der Waals surface area contributed by atoms with Gasteiger partial charge in [0.15, 0.2) is 5.82 Å². The van der Waals surface area contributed by atoms with Crippen molar-refractivity contribution in [2.45, 2.75) is 44.2 Å². The number of carboxylic acids is 1. The maximum absolute atomic E-state index is 12.8. The first kappa shape index (κ1) is 21.4. The van der Waals surface area contributed by atoms with Crippen LogP contribution in [0.15, 0.2) is 30.5 Å². The molecule has 1 saturated carbocycles. The SMILES string of the molecule is Cc1cc([C@@H]2CC2NC(=O)N(C)[C@@H]2CCCN(c3cc(C(=O)O)cnn3)C2)ccc1Cl. The molecule has 1 aromatic heterocycles. The number of likely N-dealkylation sites (N-methyl/N-ethyl adjacent to an activating group) is 1. The molecule has 8 nitrogen and oxygen atoms in total. The zero-order valence-electron chi connectivity index (χ0n) is 17.6. The van der Waals surface area contributed by atoms with Gasteiger partial charge in [0.2, 0.25) is 0 Å². The number of carboxylic acid groups (broad SMARTS) is 1. The highest BCUT2D eigenvalue weighted by Crippen LogP contribution is 2.41. The van der Waals surface area contributed by atoms with Crippen molar-refractivity contribution in [3.8, 4) is 0 Å². The van der Waals surface area contributed by atoms with Crippen molar-refractivity contribution in [1.29, 1.82) is 0 Å². The fourth-order valence-electron chi connectivity index (χ4n) is 4.15. The Kier molecular flexibility index (Phi) is 6.00. The van der Waals surface area contributed by atoms with Gasteiger partial charge in [-0.1, -0.05) is 23.7 Å². The number of carbonyl (C=O) groups excluding carboxylic acids is 1. The molecular weight excluding hydrogens is 418 g/mol. The van der Waals surface area contributed by atoms with Gasteiger partial charge in [0, 0.05) is 37.1 Å². The molecule has 2 heterocycles. The Bertz CT molecular complexity index is 1000. The van der Waals surface area contributed by atoms with E-state index in [1.807, 2.05) is 31.0 Å². The number of nitrogens with one attached hydrogen (secondary N) is 1. The number of carbonyl (C=O) groups is 2. The van der Waals surface area contributed by atoms with Crippen LogP contribution in [0.4, 0.5) is 10.6 Å². The molecule has 31 heavy (non-hydrogen) atoms. The van der Waals surface area contributed by atoms with E-state index in [-0.39, 0.29) is 23.7 Å². The lowest BCUT2D eigenvalue weighted by atomic mass is 10.0. The van der Waals surface area contributed by atoms with Gasteiger partial charge in [0.25, 0.3) is 0 Å². The monoisotopic (exact) mass is 443 g/mol. The topological polar surface area (TPSA) is 98.7 Å². The average Bonchev–Trinajstić information content (AvgIpc) is 3.54. The third kappa shape index (κ3) is 4.74. The molecule has 1 aromatic carbocycles. The highest BCUT2D eigenvalue weighted by molar-refractivity contribution is 6.31. The van der Waals surface area contributed by atoms with Crippen molar-refractivity contribution < 1.29 is 14.7 Å². The second kappa shape index (κ2) is 8.70. The van der Waals surface area contributed by atoms with Gasteiger partial charge in [0.05, 0.1) is 17.8 Å². The summed E-state index contributed by atoms with van der Waals surface area (Å²) in [6.45, 7) is 3.33. The molecule has 2 aromatic rings. The number of nitrogens with zero attached hydrogens (tertiary/aromatic N) is 4. The van der Waals surface area contributed by atoms with Crippen LogP contribution in [0.2, 0.25) is 5.02 Å². The summed E-state index contributed by atoms with van der Waals surface area (Å²) in [5.41, 5.74) is 2.36. The fraction of sp³-hybridized carbons (Fsp3) is 0.455. The maximum atomic E-state index is 12.8. The summed E-state index contributed by atoms with van der Waals surface area (Å²) < 4.78 is 0. The van der Waals surface area contributed by atoms with Crippen LogP contribution in [0.5, 0.6) is 0 Å². The molecule has 164 valence electrons. The lowest BCUT2D eigenvalue weighted by Gasteiger charge is -2.38. The third-order valence-electron chi connectivity index (χ3n) is 6.19. The number of hydrogen-bond donors (Lipinski definition) is 2. The van der Waals surface area contributed by atoms with Gasteiger partial charge in [-0.15, -0.1) is 5.10 Å². The number of anilines is 1. The number of halogens is 1. The molecule has 2 aliphatic rings. The van der Waals surface area contributed by atoms with Crippen LogP contribution in [0.3, 0.4) is 0 Å². The predicted octanol–water partition coefficient (Wildman–Crippen LogP) is 3.30. The smallest absolute Gasteiger partial charge is 0.337 e. The van der Waals surface area contributed by atoms with Gasteiger partial charge < -0.3 is 20.2 Å². The first-order valence-corrected chi connectivity index (χ1v) is 10.8. The molecule has 2 fully saturated rings. The van der Waals surface area contributed by atoms with Gasteiger partial charge in [-0.3, -0.25) is 0 Å². The summed E-state index contributed by atoms with van der Waals surface area (Å²) in [6, 6.07) is 7.62. The molecule has 2 amide bonds. The highest BCUT2D eigenvalue weighted by Gasteiger charge is 2.40. The predicted molar refractivity (Wildman–Crippen MR) is 118 cm³/mol. The Labute approximate surface area is 186 Å². The number of hydrogen-bond acceptors (Lipinski definition) is 5. The second-order valence-corrected chi connectivity index (χ2v) is 8.77. The van der Waals surface area contributed by atoms with Crippen LogP contribution in [-0.2, 0) is 0 Å². The molecule has 9 heteroatoms. The second-order valence-electron chi connectivity index (χ2n) is 8.37. The molecule has 4 rings (SSSR count). The van der Waals surface area contributed by atoms with E-state index in [4.69, 9.17) is 11.6 Å². The lowest BCUT2D eigenvalue weighted by molar-refractivity contribution is 0.0696. The summed E-state index contributed by atoms with van der Waals surface area (Å²) in [7, 11) is 1.81. The van der Waals surface area contributed by atoms with E-state index >= 15 is 0 Å². The van der Waals surface area contributed by atoms with Crippen molar-refractivity contribution in [2.24, 2.45) is 0 Å². The van der Waals surface area contributed by atoms with Crippen LogP contribution in [0.1, 0.15) is 46.7 Å². The van der Waals surface area contributed by atoms with Crippen LogP contribution in [0, 0.1) is 6.92 Å². The highest BCUT2D eigenvalue weighted by atomic mass is 35.5. The number of aromatic carboxylic acids is 1. The van der Waals surface area contributed by atoms with E-state index in [1.165, 1.54) is 17.8 Å². The van der Waals surface area contributed by atoms with Crippen molar-refractivity contribution >= 4 is 29.4 Å². The van der Waals surface area contributed by atoms with Gasteiger partial charge in [-0.25, -0.2) is 9.59 Å². The van der Waals surface area contributed by atoms with E-state index in [1.54, 1.807) is 4.90 Å². The van der Waals surface area contributed by atoms with Crippen molar-refractivity contribution in [1.82, 2.24) is 20.4 Å². The number of aromatic nitrogens is 2. The van der Waals surface area contributed by atoms with E-state index in [2.05, 4.69) is 21.6 Å². The Morgan fingerprint density at radius 3 is 2.87 bits per heavy atom. The Morgan fingerprint density at radius 2 is 2.13 bits per heavy atom. The molecule has 1 aliphatic carbocycles. The largest absolute Gasteiger partial charge is 0.478 e. The minimum Gasteiger partial charge on any atom is -0.478 e. The first-order valence-electron chi connectivity index (χ1n) is 10.4. The zero-order chi connectivity index (χ0) is 22.1. The van der Waals surface area contributed by atoms with E-state index < -0.39 is 5.97 Å². The number of piperidine rings is 1. The summed E-state index contributed by atoms with van der Waals surface area (Å²) in [5.74, 6) is -0.181. The molecule has 0 spiro atoms. The minimum absolute atomic E-state index is 0.0130. The van der Waals surface area contributed by atoms with Crippen molar-refractivity contribution in [3.05, 3.63) is 52.2 Å². The minimum atomic E-state index is -1.03. The van der Waals surface area contributed by atoms with E-state index in [0.717, 1.165) is 36.4 Å². The van der Waals surface area contributed by atoms with Gasteiger partial charge in [0.1, 0.15) is 0 Å². The van der Waals surface area contributed by atoms with E-state index in [9.17, 15) is 14.7 Å². The quantitative estimate of drug-likeness (QED) is 0.735. The normalized spacial score (nSPS) is 22.7. The molecular formula is C22H26ClN5O3. The molecule has 3 atom stereocenters. The van der Waals surface area contributed by atoms with Crippen LogP contribution < -0.4 is 10.2 Å². The van der Waals surface area contributed by atoms with Gasteiger partial charge in [-0.05, 0) is 49.4 Å². The molecule has 1 unspecified atom stereocenters. The third-order valence-corrected chi connectivity index (χ3v) is 6.61. The van der Waals surface area contributed by atoms with Crippen LogP contribution in [0.25, 0.3) is 0 Å². The summed E-state index contributed by atoms with van der Waals surface area (Å²) >= 11 is 6.12. The Hall–Kier alpha value is -2.87. The zero-order valence-corrected chi connectivity index (χ0v) is 18.3. The number of aryl methyl sites for hydroxylation is 1. The van der Waals surface area contributed by atoms with Crippen LogP contribution >= 0.6 is 11.6 Å². The number of benzene rings is 1. The standard InChI is InChI=1S/C22H26ClN5O3/c1-13-8-14(5-6-18(13)23)17-10-19(17)25-22(31)27(2)16-4-3-7-28(12-16)20-9-15(21(29)30)11-24-26-20/h5-6,8-9,11,16-17,19H,3-4,7,10,12H2,1-2H3,(H,25,31)(H,29,30)/t16-,17+,19?/m1/s1. The van der Waals surface area contributed by atoms with E-state index in [0.29, 0.717) is 18.3 Å². The summed E-state index contributed by atoms with van der Waals surface area (Å²) in [4.78, 5) is 27.8. The number of rotatable bonds is 5. The van der Waals surface area contributed by atoms with Crippen molar-refractivity contribution in [2.75, 3.05) is 25.0 Å². The Balaban J connectivity index is 1.35. The molecule has 0 radical (unpaired) electrons. The Morgan fingerprint density at radius 1 is 1.32 bits per heavy atom.